The van der Waals surface area contributed by atoms with Crippen LogP contribution in [0.15, 0.2) is 0 Å². The summed E-state index contributed by atoms with van der Waals surface area (Å²) in [6.07, 6.45) is 3.21. The van der Waals surface area contributed by atoms with Crippen molar-refractivity contribution in [2.75, 3.05) is 0 Å². The number of nitrogens with one attached hydrogen (secondary N) is 2. The predicted octanol–water partition coefficient (Wildman–Crippen LogP) is 0.357. The molecule has 1 saturated carbocycles. The highest BCUT2D eigenvalue weighted by Crippen LogP contribution is 2.18. The molecule has 2 amide bonds. The number of nitriles is 2. The van der Waals surface area contributed by atoms with Gasteiger partial charge < -0.3 is 10.6 Å². The lowest BCUT2D eigenvalue weighted by atomic mass is 9.90. The van der Waals surface area contributed by atoms with Crippen molar-refractivity contribution in [1.82, 2.24) is 10.6 Å². The van der Waals surface area contributed by atoms with Gasteiger partial charge in [-0.15, -0.1) is 0 Å². The lowest BCUT2D eigenvalue weighted by Gasteiger charge is -2.32. The third-order valence-corrected chi connectivity index (χ3v) is 2.94. The maximum absolute atomic E-state index is 11.4. The number of carbonyl (C=O) groups excluding carboxylic acids is 2. The molecule has 2 unspecified atom stereocenters. The number of rotatable bonds is 4. The molecule has 0 aromatic rings. The van der Waals surface area contributed by atoms with Crippen LogP contribution in [0.3, 0.4) is 0 Å². The van der Waals surface area contributed by atoms with Gasteiger partial charge in [-0.25, -0.2) is 0 Å². The average molecular weight is 248 g/mol. The SMILES string of the molecule is N#CCC(=O)NC1CCCCC1NC(=O)CC#N. The Morgan fingerprint density at radius 2 is 1.33 bits per heavy atom. The maximum Gasteiger partial charge on any atom is 0.234 e. The largest absolute Gasteiger partial charge is 0.350 e. The average Bonchev–Trinajstić information content (AvgIpc) is 2.32. The molecule has 0 radical (unpaired) electrons. The monoisotopic (exact) mass is 248 g/mol. The van der Waals surface area contributed by atoms with Gasteiger partial charge in [0.25, 0.3) is 0 Å². The molecule has 0 saturated heterocycles. The zero-order valence-corrected chi connectivity index (χ0v) is 10.1. The van der Waals surface area contributed by atoms with E-state index in [1.807, 2.05) is 0 Å². The molecule has 0 aromatic carbocycles. The first kappa shape index (κ1) is 14.0. The van der Waals surface area contributed by atoms with Crippen LogP contribution in [0.4, 0.5) is 0 Å². The highest BCUT2D eigenvalue weighted by Gasteiger charge is 2.27. The minimum absolute atomic E-state index is 0.137. The lowest BCUT2D eigenvalue weighted by molar-refractivity contribution is -0.124. The van der Waals surface area contributed by atoms with Gasteiger partial charge in [-0.1, -0.05) is 12.8 Å². The molecular formula is C12H16N4O2. The lowest BCUT2D eigenvalue weighted by Crippen LogP contribution is -2.53. The van der Waals surface area contributed by atoms with E-state index in [4.69, 9.17) is 10.5 Å². The van der Waals surface area contributed by atoms with Crippen molar-refractivity contribution >= 4 is 11.8 Å². The number of amides is 2. The Labute approximate surface area is 106 Å². The van der Waals surface area contributed by atoms with Crippen LogP contribution < -0.4 is 10.6 Å². The Hall–Kier alpha value is -2.08. The van der Waals surface area contributed by atoms with Crippen LogP contribution in [0.2, 0.25) is 0 Å². The van der Waals surface area contributed by atoms with Gasteiger partial charge in [0.2, 0.25) is 11.8 Å². The molecule has 0 aliphatic heterocycles. The molecule has 1 aliphatic rings. The standard InChI is InChI=1S/C12H16N4O2/c13-7-5-11(17)15-9-3-1-2-4-10(9)16-12(18)6-8-14/h9-10H,1-6H2,(H,15,17)(H,16,18). The van der Waals surface area contributed by atoms with E-state index in [9.17, 15) is 9.59 Å². The summed E-state index contributed by atoms with van der Waals surface area (Å²) in [5.41, 5.74) is 0. The normalized spacial score (nSPS) is 22.3. The minimum atomic E-state index is -0.316. The maximum atomic E-state index is 11.4. The summed E-state index contributed by atoms with van der Waals surface area (Å²) >= 11 is 0. The highest BCUT2D eigenvalue weighted by atomic mass is 16.2. The van der Waals surface area contributed by atoms with E-state index < -0.39 is 0 Å². The minimum Gasteiger partial charge on any atom is -0.350 e. The quantitative estimate of drug-likeness (QED) is 0.749. The highest BCUT2D eigenvalue weighted by molar-refractivity contribution is 5.79. The fraction of sp³-hybridized carbons (Fsp3) is 0.667. The van der Waals surface area contributed by atoms with Crippen LogP contribution in [0.25, 0.3) is 0 Å². The molecule has 2 atom stereocenters. The van der Waals surface area contributed by atoms with Gasteiger partial charge in [-0.3, -0.25) is 9.59 Å². The molecule has 6 nitrogen and oxygen atoms in total. The topological polar surface area (TPSA) is 106 Å². The number of carbonyl (C=O) groups is 2. The third kappa shape index (κ3) is 4.42. The van der Waals surface area contributed by atoms with Crippen LogP contribution in [0.5, 0.6) is 0 Å². The second kappa shape index (κ2) is 7.29. The van der Waals surface area contributed by atoms with Gasteiger partial charge in [-0.05, 0) is 12.8 Å². The Kier molecular flexibility index (Phi) is 5.66. The van der Waals surface area contributed by atoms with Crippen molar-refractivity contribution in [1.29, 1.82) is 10.5 Å². The van der Waals surface area contributed by atoms with Crippen molar-refractivity contribution in [3.8, 4) is 12.1 Å². The zero-order valence-electron chi connectivity index (χ0n) is 10.1. The molecule has 1 fully saturated rings. The van der Waals surface area contributed by atoms with Crippen LogP contribution >= 0.6 is 0 Å². The van der Waals surface area contributed by atoms with Gasteiger partial charge in [0.1, 0.15) is 12.8 Å². The second-order valence-electron chi connectivity index (χ2n) is 4.30. The Balaban J connectivity index is 2.52. The van der Waals surface area contributed by atoms with Crippen molar-refractivity contribution in [2.24, 2.45) is 0 Å². The van der Waals surface area contributed by atoms with E-state index in [1.54, 1.807) is 12.1 Å². The first-order valence-corrected chi connectivity index (χ1v) is 6.00. The van der Waals surface area contributed by atoms with E-state index in [0.29, 0.717) is 0 Å². The molecule has 2 N–H and O–H groups in total. The summed E-state index contributed by atoms with van der Waals surface area (Å²) in [5, 5.41) is 22.4. The van der Waals surface area contributed by atoms with E-state index in [2.05, 4.69) is 10.6 Å². The summed E-state index contributed by atoms with van der Waals surface area (Å²) in [6.45, 7) is 0. The van der Waals surface area contributed by atoms with Gasteiger partial charge in [0.05, 0.1) is 12.1 Å². The number of hydrogen-bond acceptors (Lipinski definition) is 4. The molecule has 1 rings (SSSR count). The van der Waals surface area contributed by atoms with Gasteiger partial charge in [-0.2, -0.15) is 10.5 Å². The molecule has 1 aliphatic carbocycles. The van der Waals surface area contributed by atoms with Gasteiger partial charge >= 0.3 is 0 Å². The summed E-state index contributed by atoms with van der Waals surface area (Å²) in [5.74, 6) is -0.632. The van der Waals surface area contributed by atoms with E-state index in [-0.39, 0.29) is 36.7 Å². The first-order valence-electron chi connectivity index (χ1n) is 6.00. The van der Waals surface area contributed by atoms with Gasteiger partial charge in [0, 0.05) is 12.1 Å². The van der Waals surface area contributed by atoms with Crippen LogP contribution in [0.1, 0.15) is 38.5 Å². The molecule has 18 heavy (non-hydrogen) atoms. The second-order valence-corrected chi connectivity index (χ2v) is 4.30. The molecule has 0 spiro atoms. The number of hydrogen-bond donors (Lipinski definition) is 2. The zero-order chi connectivity index (χ0) is 13.4. The molecular weight excluding hydrogens is 232 g/mol. The van der Waals surface area contributed by atoms with Crippen molar-refractivity contribution < 1.29 is 9.59 Å². The summed E-state index contributed by atoms with van der Waals surface area (Å²) in [7, 11) is 0. The van der Waals surface area contributed by atoms with Crippen LogP contribution in [-0.4, -0.2) is 23.9 Å². The van der Waals surface area contributed by atoms with Gasteiger partial charge in [0.15, 0.2) is 0 Å². The Morgan fingerprint density at radius 3 is 1.67 bits per heavy atom. The van der Waals surface area contributed by atoms with Crippen molar-refractivity contribution in [3.05, 3.63) is 0 Å². The molecule has 96 valence electrons. The summed E-state index contributed by atoms with van der Waals surface area (Å²) < 4.78 is 0. The molecule has 0 heterocycles. The Bertz CT molecular complexity index is 356. The molecule has 6 heteroatoms. The van der Waals surface area contributed by atoms with Crippen LogP contribution in [0, 0.1) is 22.7 Å². The summed E-state index contributed by atoms with van der Waals surface area (Å²) in [6, 6.07) is 3.31. The smallest absolute Gasteiger partial charge is 0.234 e. The first-order chi connectivity index (χ1) is 8.67. The van der Waals surface area contributed by atoms with Crippen LogP contribution in [-0.2, 0) is 9.59 Å². The Morgan fingerprint density at radius 1 is 0.944 bits per heavy atom. The number of nitrogens with zero attached hydrogens (tertiary/aromatic N) is 2. The third-order valence-electron chi connectivity index (χ3n) is 2.94. The van der Waals surface area contributed by atoms with E-state index in [0.717, 1.165) is 25.7 Å². The van der Waals surface area contributed by atoms with E-state index >= 15 is 0 Å². The van der Waals surface area contributed by atoms with Crippen molar-refractivity contribution in [2.45, 2.75) is 50.6 Å². The fourth-order valence-corrected chi connectivity index (χ4v) is 2.14. The molecule has 0 bridgehead atoms. The van der Waals surface area contributed by atoms with E-state index in [1.165, 1.54) is 0 Å². The molecule has 0 aromatic heterocycles. The van der Waals surface area contributed by atoms with Crippen molar-refractivity contribution in [3.63, 3.8) is 0 Å². The fourth-order valence-electron chi connectivity index (χ4n) is 2.14. The predicted molar refractivity (Wildman–Crippen MR) is 62.8 cm³/mol. The summed E-state index contributed by atoms with van der Waals surface area (Å²) in [4.78, 5) is 22.7.